The minimum atomic E-state index is -3.78. The summed E-state index contributed by atoms with van der Waals surface area (Å²) in [5.41, 5.74) is 2.38. The highest BCUT2D eigenvalue weighted by Gasteiger charge is 2.28. The second-order valence-corrected chi connectivity index (χ2v) is 10.9. The highest BCUT2D eigenvalue weighted by Crippen LogP contribution is 2.20. The molecule has 0 radical (unpaired) electrons. The van der Waals surface area contributed by atoms with Crippen molar-refractivity contribution >= 4 is 27.7 Å². The Balaban J connectivity index is 1.62. The molecule has 2 amide bonds. The van der Waals surface area contributed by atoms with Crippen LogP contribution in [0, 0.1) is 13.8 Å². The molecule has 8 nitrogen and oxygen atoms in total. The zero-order chi connectivity index (χ0) is 24.4. The van der Waals surface area contributed by atoms with Gasteiger partial charge in [0.2, 0.25) is 0 Å². The first-order chi connectivity index (χ1) is 15.4. The average Bonchev–Trinajstić information content (AvgIpc) is 2.74. The van der Waals surface area contributed by atoms with Gasteiger partial charge in [0, 0.05) is 37.4 Å². The number of benzene rings is 2. The predicted molar refractivity (Wildman–Crippen MR) is 127 cm³/mol. The molecule has 0 aliphatic carbocycles. The van der Waals surface area contributed by atoms with Crippen molar-refractivity contribution in [3.63, 3.8) is 0 Å². The predicted octanol–water partition coefficient (Wildman–Crippen LogP) is 3.80. The summed E-state index contributed by atoms with van der Waals surface area (Å²) in [6, 6.07) is 11.2. The average molecular weight is 474 g/mol. The molecule has 1 fully saturated rings. The maximum absolute atomic E-state index is 12.9. The number of anilines is 1. The number of sulfonamides is 1. The summed E-state index contributed by atoms with van der Waals surface area (Å²) in [4.78, 5) is 28.4. The summed E-state index contributed by atoms with van der Waals surface area (Å²) in [6.07, 6.45) is -0.388. The van der Waals surface area contributed by atoms with E-state index in [4.69, 9.17) is 4.74 Å². The van der Waals surface area contributed by atoms with E-state index in [2.05, 4.69) is 4.72 Å². The lowest BCUT2D eigenvalue weighted by Gasteiger charge is -2.35. The van der Waals surface area contributed by atoms with Crippen LogP contribution >= 0.6 is 0 Å². The van der Waals surface area contributed by atoms with Crippen molar-refractivity contribution in [2.24, 2.45) is 0 Å². The van der Waals surface area contributed by atoms with E-state index in [9.17, 15) is 18.0 Å². The summed E-state index contributed by atoms with van der Waals surface area (Å²) in [5.74, 6) is -0.204. The van der Waals surface area contributed by atoms with E-state index in [1.54, 1.807) is 21.9 Å². The maximum Gasteiger partial charge on any atom is 0.410 e. The van der Waals surface area contributed by atoms with Gasteiger partial charge >= 0.3 is 6.09 Å². The van der Waals surface area contributed by atoms with Crippen LogP contribution in [0.15, 0.2) is 47.4 Å². The molecule has 33 heavy (non-hydrogen) atoms. The number of nitrogens with one attached hydrogen (secondary N) is 1. The van der Waals surface area contributed by atoms with Gasteiger partial charge in [0.1, 0.15) is 5.60 Å². The minimum Gasteiger partial charge on any atom is -0.444 e. The highest BCUT2D eigenvalue weighted by molar-refractivity contribution is 7.92. The van der Waals surface area contributed by atoms with Crippen molar-refractivity contribution in [1.82, 2.24) is 9.80 Å². The largest absolute Gasteiger partial charge is 0.444 e. The second-order valence-electron chi connectivity index (χ2n) is 9.19. The molecule has 0 atom stereocenters. The summed E-state index contributed by atoms with van der Waals surface area (Å²) < 4.78 is 33.4. The van der Waals surface area contributed by atoms with E-state index in [1.807, 2.05) is 40.7 Å². The van der Waals surface area contributed by atoms with Crippen LogP contribution in [0.5, 0.6) is 0 Å². The van der Waals surface area contributed by atoms with E-state index in [1.165, 1.54) is 24.3 Å². The van der Waals surface area contributed by atoms with Gasteiger partial charge < -0.3 is 14.5 Å². The molecule has 178 valence electrons. The Morgan fingerprint density at radius 3 is 2.00 bits per heavy atom. The van der Waals surface area contributed by atoms with Gasteiger partial charge in [0.15, 0.2) is 0 Å². The summed E-state index contributed by atoms with van der Waals surface area (Å²) in [6.45, 7) is 10.8. The standard InChI is InChI=1S/C24H31N3O5S/c1-17-6-9-20(16-18(17)2)25-33(30,31)21-10-7-19(8-11-21)22(28)26-12-14-27(15-13-26)23(29)32-24(3,4)5/h6-11,16,25H,12-15H2,1-5H3. The molecule has 0 unspecified atom stereocenters. The normalized spacial score (nSPS) is 14.7. The minimum absolute atomic E-state index is 0.0759. The number of hydrogen-bond acceptors (Lipinski definition) is 5. The van der Waals surface area contributed by atoms with Crippen molar-refractivity contribution in [3.05, 3.63) is 59.2 Å². The first kappa shape index (κ1) is 24.6. The fourth-order valence-corrected chi connectivity index (χ4v) is 4.45. The number of aryl methyl sites for hydroxylation is 2. The highest BCUT2D eigenvalue weighted by atomic mass is 32.2. The van der Waals surface area contributed by atoms with Crippen molar-refractivity contribution in [3.8, 4) is 0 Å². The first-order valence-corrected chi connectivity index (χ1v) is 12.3. The number of carbonyl (C=O) groups excluding carboxylic acids is 2. The molecule has 0 bridgehead atoms. The Bertz CT molecular complexity index is 1130. The number of hydrogen-bond donors (Lipinski definition) is 1. The van der Waals surface area contributed by atoms with E-state index >= 15 is 0 Å². The van der Waals surface area contributed by atoms with Gasteiger partial charge in [0.05, 0.1) is 4.90 Å². The van der Waals surface area contributed by atoms with Gasteiger partial charge in [-0.3, -0.25) is 9.52 Å². The second kappa shape index (κ2) is 9.43. The first-order valence-electron chi connectivity index (χ1n) is 10.8. The van der Waals surface area contributed by atoms with Crippen LogP contribution in [0.2, 0.25) is 0 Å². The molecular weight excluding hydrogens is 442 g/mol. The van der Waals surface area contributed by atoms with Crippen LogP contribution in [0.1, 0.15) is 42.3 Å². The van der Waals surface area contributed by atoms with Crippen LogP contribution in [-0.4, -0.2) is 62.0 Å². The van der Waals surface area contributed by atoms with Gasteiger partial charge in [0.25, 0.3) is 15.9 Å². The number of piperazine rings is 1. The van der Waals surface area contributed by atoms with Crippen LogP contribution in [0.25, 0.3) is 0 Å². The lowest BCUT2D eigenvalue weighted by molar-refractivity contribution is 0.0141. The quantitative estimate of drug-likeness (QED) is 0.729. The molecule has 1 N–H and O–H groups in total. The van der Waals surface area contributed by atoms with Crippen LogP contribution in [0.4, 0.5) is 10.5 Å². The van der Waals surface area contributed by atoms with Crippen molar-refractivity contribution in [2.75, 3.05) is 30.9 Å². The molecule has 2 aromatic rings. The molecule has 1 saturated heterocycles. The Labute approximate surface area is 195 Å². The van der Waals surface area contributed by atoms with Crippen LogP contribution in [0.3, 0.4) is 0 Å². The molecule has 1 aliphatic rings. The van der Waals surface area contributed by atoms with Gasteiger partial charge in [-0.1, -0.05) is 6.07 Å². The Morgan fingerprint density at radius 2 is 1.45 bits per heavy atom. The molecule has 0 spiro atoms. The third-order valence-electron chi connectivity index (χ3n) is 5.39. The molecule has 2 aromatic carbocycles. The number of nitrogens with zero attached hydrogens (tertiary/aromatic N) is 2. The fourth-order valence-electron chi connectivity index (χ4n) is 3.40. The Kier molecular flexibility index (Phi) is 7.02. The van der Waals surface area contributed by atoms with E-state index < -0.39 is 15.6 Å². The van der Waals surface area contributed by atoms with E-state index in [0.717, 1.165) is 11.1 Å². The number of ether oxygens (including phenoxy) is 1. The number of carbonyl (C=O) groups is 2. The monoisotopic (exact) mass is 473 g/mol. The smallest absolute Gasteiger partial charge is 0.410 e. The molecule has 0 aromatic heterocycles. The number of rotatable bonds is 4. The number of amides is 2. The van der Waals surface area contributed by atoms with Crippen molar-refractivity contribution < 1.29 is 22.7 Å². The Morgan fingerprint density at radius 1 is 0.879 bits per heavy atom. The van der Waals surface area contributed by atoms with Gasteiger partial charge in [-0.05, 0) is 82.1 Å². The Hall–Kier alpha value is -3.07. The van der Waals surface area contributed by atoms with E-state index in [0.29, 0.717) is 37.4 Å². The molecule has 0 saturated carbocycles. The molecule has 1 heterocycles. The third-order valence-corrected chi connectivity index (χ3v) is 6.79. The SMILES string of the molecule is Cc1ccc(NS(=O)(=O)c2ccc(C(=O)N3CCN(C(=O)OC(C)(C)C)CC3)cc2)cc1C. The van der Waals surface area contributed by atoms with Crippen LogP contribution in [-0.2, 0) is 14.8 Å². The molecule has 3 rings (SSSR count). The van der Waals surface area contributed by atoms with Gasteiger partial charge in [-0.25, -0.2) is 13.2 Å². The summed E-state index contributed by atoms with van der Waals surface area (Å²) in [7, 11) is -3.78. The molecule has 9 heteroatoms. The maximum atomic E-state index is 12.9. The summed E-state index contributed by atoms with van der Waals surface area (Å²) in [5, 5.41) is 0. The lowest BCUT2D eigenvalue weighted by Crippen LogP contribution is -2.51. The topological polar surface area (TPSA) is 96.0 Å². The van der Waals surface area contributed by atoms with Gasteiger partial charge in [-0.15, -0.1) is 0 Å². The summed E-state index contributed by atoms with van der Waals surface area (Å²) >= 11 is 0. The van der Waals surface area contributed by atoms with Crippen LogP contribution < -0.4 is 4.72 Å². The fraction of sp³-hybridized carbons (Fsp3) is 0.417. The van der Waals surface area contributed by atoms with Crippen molar-refractivity contribution in [2.45, 2.75) is 45.1 Å². The molecular formula is C24H31N3O5S. The zero-order valence-electron chi connectivity index (χ0n) is 19.7. The van der Waals surface area contributed by atoms with Gasteiger partial charge in [-0.2, -0.15) is 0 Å². The lowest BCUT2D eigenvalue weighted by atomic mass is 10.1. The third kappa shape index (κ3) is 6.25. The zero-order valence-corrected chi connectivity index (χ0v) is 20.5. The van der Waals surface area contributed by atoms with Crippen molar-refractivity contribution in [1.29, 1.82) is 0 Å². The molecule has 1 aliphatic heterocycles. The van der Waals surface area contributed by atoms with E-state index in [-0.39, 0.29) is 16.9 Å².